The smallest absolute Gasteiger partial charge is 0.146 e. The van der Waals surface area contributed by atoms with Gasteiger partial charge in [0.25, 0.3) is 0 Å². The van der Waals surface area contributed by atoms with Crippen LogP contribution in [0.25, 0.3) is 0 Å². The maximum Gasteiger partial charge on any atom is 0.146 e. The van der Waals surface area contributed by atoms with Crippen LogP contribution in [0.3, 0.4) is 0 Å². The van der Waals surface area contributed by atoms with E-state index in [1.165, 1.54) is 0 Å². The van der Waals surface area contributed by atoms with E-state index in [1.807, 2.05) is 54.6 Å². The number of carbonyl (C=O) groups excluding carboxylic acids is 1. The number of methoxy groups -OCH3 is 2. The van der Waals surface area contributed by atoms with Crippen LogP contribution >= 0.6 is 0 Å². The summed E-state index contributed by atoms with van der Waals surface area (Å²) in [6.45, 7) is 1.85. The van der Waals surface area contributed by atoms with Crippen LogP contribution in [0, 0.1) is 0 Å². The third kappa shape index (κ3) is 9.59. The lowest BCUT2D eigenvalue weighted by molar-refractivity contribution is -0.159. The summed E-state index contributed by atoms with van der Waals surface area (Å²) in [4.78, 5) is 11.0. The average molecular weight is 433 g/mol. The van der Waals surface area contributed by atoms with Gasteiger partial charge in [-0.25, -0.2) is 0 Å². The van der Waals surface area contributed by atoms with E-state index in [9.17, 15) is 4.79 Å². The number of ether oxygens (including phenoxy) is 6. The van der Waals surface area contributed by atoms with Gasteiger partial charge < -0.3 is 33.2 Å². The molecule has 1 atom stereocenters. The predicted molar refractivity (Wildman–Crippen MR) is 116 cm³/mol. The SMILES string of the molecule is COCOCCC(COCc1ccccc1)(COCc1ccc(OC)cc1)OCC=O. The summed E-state index contributed by atoms with van der Waals surface area (Å²) >= 11 is 0. The largest absolute Gasteiger partial charge is 0.497 e. The number of benzene rings is 2. The first-order valence-corrected chi connectivity index (χ1v) is 10.2. The van der Waals surface area contributed by atoms with E-state index in [2.05, 4.69) is 0 Å². The molecular weight excluding hydrogens is 400 g/mol. The number of aldehydes is 1. The van der Waals surface area contributed by atoms with Crippen molar-refractivity contribution in [2.45, 2.75) is 25.2 Å². The Morgan fingerprint density at radius 2 is 1.48 bits per heavy atom. The Morgan fingerprint density at radius 1 is 0.839 bits per heavy atom. The molecule has 0 spiro atoms. The Kier molecular flexibility index (Phi) is 11.8. The monoisotopic (exact) mass is 432 g/mol. The lowest BCUT2D eigenvalue weighted by Crippen LogP contribution is -2.44. The van der Waals surface area contributed by atoms with Crippen LogP contribution in [0.15, 0.2) is 54.6 Å². The molecule has 0 aliphatic heterocycles. The molecule has 0 amide bonds. The average Bonchev–Trinajstić information content (AvgIpc) is 2.81. The van der Waals surface area contributed by atoms with E-state index in [0.29, 0.717) is 26.2 Å². The first-order valence-electron chi connectivity index (χ1n) is 10.2. The quantitative estimate of drug-likeness (QED) is 0.216. The van der Waals surface area contributed by atoms with Crippen molar-refractivity contribution in [1.82, 2.24) is 0 Å². The molecule has 0 aromatic heterocycles. The summed E-state index contributed by atoms with van der Waals surface area (Å²) in [5, 5.41) is 0. The van der Waals surface area contributed by atoms with Gasteiger partial charge in [0.05, 0.1) is 40.1 Å². The second kappa shape index (κ2) is 14.7. The molecule has 7 nitrogen and oxygen atoms in total. The number of rotatable bonds is 17. The fraction of sp³-hybridized carbons (Fsp3) is 0.458. The predicted octanol–water partition coefficient (Wildman–Crippen LogP) is 3.39. The van der Waals surface area contributed by atoms with E-state index in [1.54, 1.807) is 14.2 Å². The Morgan fingerprint density at radius 3 is 2.06 bits per heavy atom. The summed E-state index contributed by atoms with van der Waals surface area (Å²) in [6.07, 6.45) is 1.22. The Labute approximate surface area is 184 Å². The summed E-state index contributed by atoms with van der Waals surface area (Å²) in [5.74, 6) is 0.789. The summed E-state index contributed by atoms with van der Waals surface area (Å²) in [5.41, 5.74) is 1.24. The fourth-order valence-electron chi connectivity index (χ4n) is 2.96. The van der Waals surface area contributed by atoms with Crippen molar-refractivity contribution in [1.29, 1.82) is 0 Å². The van der Waals surface area contributed by atoms with Crippen LogP contribution in [0.5, 0.6) is 5.75 Å². The van der Waals surface area contributed by atoms with Gasteiger partial charge in [0, 0.05) is 13.5 Å². The highest BCUT2D eigenvalue weighted by Gasteiger charge is 2.32. The Hall–Kier alpha value is -2.29. The first kappa shape index (κ1) is 25.0. The van der Waals surface area contributed by atoms with E-state index in [-0.39, 0.29) is 26.6 Å². The van der Waals surface area contributed by atoms with Gasteiger partial charge in [0.15, 0.2) is 0 Å². The Bertz CT molecular complexity index is 720. The highest BCUT2D eigenvalue weighted by atomic mass is 16.7. The fourth-order valence-corrected chi connectivity index (χ4v) is 2.96. The minimum absolute atomic E-state index is 0.0507. The van der Waals surface area contributed by atoms with Gasteiger partial charge in [-0.2, -0.15) is 0 Å². The zero-order chi connectivity index (χ0) is 22.2. The standard InChI is InChI=1S/C24H32O7/c1-26-20-28-14-12-24(31-15-13-25,18-29-16-21-6-4-3-5-7-21)19-30-17-22-8-10-23(27-2)11-9-22/h3-11,13H,12,14-20H2,1-2H3. The van der Waals surface area contributed by atoms with Gasteiger partial charge in [-0.1, -0.05) is 42.5 Å². The third-order valence-corrected chi connectivity index (χ3v) is 4.63. The van der Waals surface area contributed by atoms with Gasteiger partial charge in [-0.05, 0) is 23.3 Å². The molecule has 0 bridgehead atoms. The molecule has 7 heteroatoms. The van der Waals surface area contributed by atoms with Crippen molar-refractivity contribution in [3.63, 3.8) is 0 Å². The third-order valence-electron chi connectivity index (χ3n) is 4.63. The molecule has 0 radical (unpaired) electrons. The van der Waals surface area contributed by atoms with E-state index in [0.717, 1.165) is 23.2 Å². The van der Waals surface area contributed by atoms with Crippen LogP contribution in [0.1, 0.15) is 17.5 Å². The lowest BCUT2D eigenvalue weighted by Gasteiger charge is -2.33. The maximum atomic E-state index is 11.0. The molecule has 1 unspecified atom stereocenters. The van der Waals surface area contributed by atoms with E-state index < -0.39 is 5.60 Å². The van der Waals surface area contributed by atoms with Crippen LogP contribution in [0.4, 0.5) is 0 Å². The van der Waals surface area contributed by atoms with Gasteiger partial charge >= 0.3 is 0 Å². The molecule has 2 aromatic carbocycles. The summed E-state index contributed by atoms with van der Waals surface area (Å²) in [6, 6.07) is 17.5. The lowest BCUT2D eigenvalue weighted by atomic mass is 10.0. The molecule has 2 rings (SSSR count). The van der Waals surface area contributed by atoms with Gasteiger partial charge in [-0.3, -0.25) is 0 Å². The number of carbonyl (C=O) groups is 1. The number of hydrogen-bond acceptors (Lipinski definition) is 7. The molecule has 31 heavy (non-hydrogen) atoms. The molecule has 2 aromatic rings. The first-order chi connectivity index (χ1) is 15.2. The van der Waals surface area contributed by atoms with Crippen molar-refractivity contribution in [2.24, 2.45) is 0 Å². The zero-order valence-electron chi connectivity index (χ0n) is 18.3. The van der Waals surface area contributed by atoms with Crippen molar-refractivity contribution < 1.29 is 33.2 Å². The molecular formula is C24H32O7. The molecule has 0 saturated heterocycles. The van der Waals surface area contributed by atoms with Crippen LogP contribution in [-0.2, 0) is 41.7 Å². The van der Waals surface area contributed by atoms with Crippen molar-refractivity contribution >= 4 is 6.29 Å². The summed E-state index contributed by atoms with van der Waals surface area (Å²) < 4.78 is 33.4. The number of hydrogen-bond donors (Lipinski definition) is 0. The van der Waals surface area contributed by atoms with Gasteiger partial charge in [0.1, 0.15) is 31.0 Å². The maximum absolute atomic E-state index is 11.0. The zero-order valence-corrected chi connectivity index (χ0v) is 18.3. The highest BCUT2D eigenvalue weighted by Crippen LogP contribution is 2.21. The molecule has 0 heterocycles. The van der Waals surface area contributed by atoms with Crippen molar-refractivity contribution in [3.05, 3.63) is 65.7 Å². The van der Waals surface area contributed by atoms with E-state index in [4.69, 9.17) is 28.4 Å². The summed E-state index contributed by atoms with van der Waals surface area (Å²) in [7, 11) is 3.20. The van der Waals surface area contributed by atoms with Gasteiger partial charge in [0.2, 0.25) is 0 Å². The van der Waals surface area contributed by atoms with E-state index >= 15 is 0 Å². The molecule has 0 aliphatic rings. The normalized spacial score (nSPS) is 13.0. The van der Waals surface area contributed by atoms with Gasteiger partial charge in [-0.15, -0.1) is 0 Å². The second-order valence-electron chi connectivity index (χ2n) is 7.04. The highest BCUT2D eigenvalue weighted by molar-refractivity contribution is 5.50. The Balaban J connectivity index is 1.99. The molecule has 0 N–H and O–H groups in total. The van der Waals surface area contributed by atoms with Crippen LogP contribution in [0.2, 0.25) is 0 Å². The minimum atomic E-state index is -0.824. The van der Waals surface area contributed by atoms with Crippen molar-refractivity contribution in [2.75, 3.05) is 47.4 Å². The van der Waals surface area contributed by atoms with Crippen LogP contribution < -0.4 is 4.74 Å². The molecule has 0 aliphatic carbocycles. The topological polar surface area (TPSA) is 72.5 Å². The molecule has 0 saturated carbocycles. The minimum Gasteiger partial charge on any atom is -0.497 e. The van der Waals surface area contributed by atoms with Crippen LogP contribution in [-0.4, -0.2) is 59.3 Å². The molecule has 0 fully saturated rings. The molecule has 170 valence electrons. The van der Waals surface area contributed by atoms with Crippen molar-refractivity contribution in [3.8, 4) is 5.75 Å². The second-order valence-corrected chi connectivity index (χ2v) is 7.04.